The Morgan fingerprint density at radius 1 is 1.32 bits per heavy atom. The summed E-state index contributed by atoms with van der Waals surface area (Å²) in [5.41, 5.74) is 1.70. The van der Waals surface area contributed by atoms with E-state index >= 15 is 0 Å². The number of esters is 1. The number of carbonyl (C=O) groups excluding carboxylic acids is 2. The highest BCUT2D eigenvalue weighted by Crippen LogP contribution is 2.19. The summed E-state index contributed by atoms with van der Waals surface area (Å²) in [6.07, 6.45) is 0.209. The minimum absolute atomic E-state index is 0.209. The lowest BCUT2D eigenvalue weighted by Crippen LogP contribution is -2.35. The van der Waals surface area contributed by atoms with Crippen LogP contribution >= 0.6 is 11.3 Å². The van der Waals surface area contributed by atoms with Crippen LogP contribution in [0.4, 0.5) is 0 Å². The van der Waals surface area contributed by atoms with Gasteiger partial charge in [-0.15, -0.1) is 11.3 Å². The molecule has 0 bridgehead atoms. The fourth-order valence-corrected chi connectivity index (χ4v) is 2.78. The zero-order valence-corrected chi connectivity index (χ0v) is 13.4. The molecular weight excluding hydrogens is 300 g/mol. The van der Waals surface area contributed by atoms with Crippen molar-refractivity contribution in [2.24, 2.45) is 0 Å². The van der Waals surface area contributed by atoms with Gasteiger partial charge in [0.1, 0.15) is 5.01 Å². The standard InChI is InChI=1S/C16H18N2O3S/c1-3-21-16(20)14(15-17-11(2)10-22-15)18-13(19)9-12-7-5-4-6-8-12/h4-8,10,14H,3,9H2,1-2H3,(H,18,19). The second-order valence-electron chi connectivity index (χ2n) is 4.74. The summed E-state index contributed by atoms with van der Waals surface area (Å²) in [6.45, 7) is 3.83. The molecule has 0 saturated carbocycles. The van der Waals surface area contributed by atoms with Gasteiger partial charge in [-0.25, -0.2) is 9.78 Å². The molecule has 0 aliphatic heterocycles. The van der Waals surface area contributed by atoms with Crippen molar-refractivity contribution < 1.29 is 14.3 Å². The van der Waals surface area contributed by atoms with E-state index in [-0.39, 0.29) is 18.9 Å². The van der Waals surface area contributed by atoms with Gasteiger partial charge in [0.25, 0.3) is 0 Å². The van der Waals surface area contributed by atoms with Gasteiger partial charge in [-0.05, 0) is 19.4 Å². The van der Waals surface area contributed by atoms with Crippen LogP contribution in [0.5, 0.6) is 0 Å². The largest absolute Gasteiger partial charge is 0.464 e. The first-order valence-corrected chi connectivity index (χ1v) is 7.90. The third kappa shape index (κ3) is 4.39. The quantitative estimate of drug-likeness (QED) is 0.831. The lowest BCUT2D eigenvalue weighted by Gasteiger charge is -2.15. The van der Waals surface area contributed by atoms with Gasteiger partial charge in [0.15, 0.2) is 6.04 Å². The molecule has 1 amide bonds. The molecule has 116 valence electrons. The summed E-state index contributed by atoms with van der Waals surface area (Å²) in [5.74, 6) is -0.727. The van der Waals surface area contributed by atoms with Crippen molar-refractivity contribution in [3.05, 3.63) is 52.0 Å². The fraction of sp³-hybridized carbons (Fsp3) is 0.312. The number of amides is 1. The van der Waals surface area contributed by atoms with Crippen molar-refractivity contribution in [2.75, 3.05) is 6.61 Å². The fourth-order valence-electron chi connectivity index (χ4n) is 1.95. The summed E-state index contributed by atoms with van der Waals surface area (Å²) in [4.78, 5) is 28.5. The van der Waals surface area contributed by atoms with Crippen molar-refractivity contribution in [3.8, 4) is 0 Å². The molecule has 5 nitrogen and oxygen atoms in total. The summed E-state index contributed by atoms with van der Waals surface area (Å²) in [6, 6.07) is 8.51. The first-order valence-electron chi connectivity index (χ1n) is 7.02. The Morgan fingerprint density at radius 2 is 2.05 bits per heavy atom. The molecule has 0 fully saturated rings. The first kappa shape index (κ1) is 16.2. The number of carbonyl (C=O) groups is 2. The normalized spacial score (nSPS) is 11.7. The Balaban J connectivity index is 2.09. The predicted octanol–water partition coefficient (Wildman–Crippen LogP) is 2.41. The molecule has 0 aliphatic carbocycles. The summed E-state index contributed by atoms with van der Waals surface area (Å²) < 4.78 is 5.03. The summed E-state index contributed by atoms with van der Waals surface area (Å²) in [5, 5.41) is 5.09. The first-order chi connectivity index (χ1) is 10.6. The number of nitrogens with one attached hydrogen (secondary N) is 1. The highest BCUT2D eigenvalue weighted by atomic mass is 32.1. The van der Waals surface area contributed by atoms with Crippen molar-refractivity contribution >= 4 is 23.2 Å². The molecule has 22 heavy (non-hydrogen) atoms. The molecule has 0 radical (unpaired) electrons. The second-order valence-corrected chi connectivity index (χ2v) is 5.63. The smallest absolute Gasteiger partial charge is 0.335 e. The molecule has 0 saturated heterocycles. The van der Waals surface area contributed by atoms with Gasteiger partial charge >= 0.3 is 5.97 Å². The SMILES string of the molecule is CCOC(=O)C(NC(=O)Cc1ccccc1)c1nc(C)cs1. The van der Waals surface area contributed by atoms with E-state index in [1.165, 1.54) is 11.3 Å². The number of thiazole rings is 1. The van der Waals surface area contributed by atoms with Crippen molar-refractivity contribution in [2.45, 2.75) is 26.3 Å². The average molecular weight is 318 g/mol. The Kier molecular flexibility index (Phi) is 5.66. The molecule has 0 spiro atoms. The molecule has 2 aromatic rings. The third-order valence-corrected chi connectivity index (χ3v) is 3.95. The van der Waals surface area contributed by atoms with E-state index in [0.717, 1.165) is 11.3 Å². The lowest BCUT2D eigenvalue weighted by atomic mass is 10.1. The van der Waals surface area contributed by atoms with Crippen LogP contribution < -0.4 is 5.32 Å². The highest BCUT2D eigenvalue weighted by Gasteiger charge is 2.26. The highest BCUT2D eigenvalue weighted by molar-refractivity contribution is 7.09. The Hall–Kier alpha value is -2.21. The number of benzene rings is 1. The van der Waals surface area contributed by atoms with Crippen molar-refractivity contribution in [1.29, 1.82) is 0 Å². The van der Waals surface area contributed by atoms with Crippen molar-refractivity contribution in [3.63, 3.8) is 0 Å². The van der Waals surface area contributed by atoms with Crippen LogP contribution in [0.2, 0.25) is 0 Å². The van der Waals surface area contributed by atoms with E-state index in [4.69, 9.17) is 4.74 Å². The van der Waals surface area contributed by atoms with E-state index < -0.39 is 12.0 Å². The molecule has 1 aromatic carbocycles. The maximum absolute atomic E-state index is 12.2. The van der Waals surface area contributed by atoms with Crippen LogP contribution in [-0.2, 0) is 20.7 Å². The van der Waals surface area contributed by atoms with Crippen LogP contribution in [0.3, 0.4) is 0 Å². The van der Waals surface area contributed by atoms with Gasteiger partial charge in [-0.1, -0.05) is 30.3 Å². The van der Waals surface area contributed by atoms with E-state index in [9.17, 15) is 9.59 Å². The van der Waals surface area contributed by atoms with E-state index in [0.29, 0.717) is 5.01 Å². The van der Waals surface area contributed by atoms with E-state index in [1.807, 2.05) is 42.6 Å². The molecule has 1 unspecified atom stereocenters. The van der Waals surface area contributed by atoms with Crippen LogP contribution in [0.15, 0.2) is 35.7 Å². The Bertz CT molecular complexity index is 640. The van der Waals surface area contributed by atoms with E-state index in [2.05, 4.69) is 10.3 Å². The molecule has 1 aromatic heterocycles. The molecule has 6 heteroatoms. The van der Waals surface area contributed by atoms with Gasteiger partial charge in [0.05, 0.1) is 13.0 Å². The monoisotopic (exact) mass is 318 g/mol. The van der Waals surface area contributed by atoms with Crippen LogP contribution in [-0.4, -0.2) is 23.5 Å². The Labute approximate surface area is 133 Å². The van der Waals surface area contributed by atoms with Crippen LogP contribution in [0.25, 0.3) is 0 Å². The second kappa shape index (κ2) is 7.70. The number of aryl methyl sites for hydroxylation is 1. The number of rotatable bonds is 6. The van der Waals surface area contributed by atoms with Crippen LogP contribution in [0.1, 0.15) is 29.2 Å². The third-order valence-electron chi connectivity index (χ3n) is 2.92. The molecule has 2 rings (SSSR count). The minimum Gasteiger partial charge on any atom is -0.464 e. The zero-order chi connectivity index (χ0) is 15.9. The number of hydrogen-bond donors (Lipinski definition) is 1. The van der Waals surface area contributed by atoms with Gasteiger partial charge in [-0.3, -0.25) is 4.79 Å². The summed E-state index contributed by atoms with van der Waals surface area (Å²) in [7, 11) is 0. The summed E-state index contributed by atoms with van der Waals surface area (Å²) >= 11 is 1.33. The Morgan fingerprint density at radius 3 is 2.64 bits per heavy atom. The molecule has 1 heterocycles. The molecular formula is C16H18N2O3S. The van der Waals surface area contributed by atoms with E-state index in [1.54, 1.807) is 6.92 Å². The van der Waals surface area contributed by atoms with Gasteiger partial charge in [0.2, 0.25) is 5.91 Å². The number of nitrogens with zero attached hydrogens (tertiary/aromatic N) is 1. The maximum atomic E-state index is 12.2. The maximum Gasteiger partial charge on any atom is 0.335 e. The zero-order valence-electron chi connectivity index (χ0n) is 12.5. The van der Waals surface area contributed by atoms with Gasteiger partial charge < -0.3 is 10.1 Å². The molecule has 1 atom stereocenters. The number of aromatic nitrogens is 1. The van der Waals surface area contributed by atoms with Gasteiger partial charge in [0, 0.05) is 11.1 Å². The van der Waals surface area contributed by atoms with Gasteiger partial charge in [-0.2, -0.15) is 0 Å². The average Bonchev–Trinajstić information content (AvgIpc) is 2.92. The molecule has 0 aliphatic rings. The minimum atomic E-state index is -0.852. The lowest BCUT2D eigenvalue weighted by molar-refractivity contribution is -0.147. The van der Waals surface area contributed by atoms with Crippen molar-refractivity contribution in [1.82, 2.24) is 10.3 Å². The van der Waals surface area contributed by atoms with Crippen LogP contribution in [0, 0.1) is 6.92 Å². The molecule has 1 N–H and O–H groups in total. The predicted molar refractivity (Wildman–Crippen MR) is 84.5 cm³/mol. The topological polar surface area (TPSA) is 68.3 Å². The number of ether oxygens (including phenoxy) is 1. The number of hydrogen-bond acceptors (Lipinski definition) is 5.